The predicted molar refractivity (Wildman–Crippen MR) is 330 cm³/mol. The van der Waals surface area contributed by atoms with Gasteiger partial charge in [-0.1, -0.05) is 42.7 Å². The van der Waals surface area contributed by atoms with Gasteiger partial charge >= 0.3 is 5.97 Å². The molecule has 3 aliphatic rings. The van der Waals surface area contributed by atoms with Gasteiger partial charge in [0.25, 0.3) is 18.9 Å². The Kier molecular flexibility index (Phi) is 29.9. The molecule has 0 radical (unpaired) electrons. The number of ether oxygens (including phenoxy) is 3. The Labute approximate surface area is 530 Å². The van der Waals surface area contributed by atoms with E-state index in [0.717, 1.165) is 23.3 Å². The van der Waals surface area contributed by atoms with Gasteiger partial charge < -0.3 is 45.1 Å². The summed E-state index contributed by atoms with van der Waals surface area (Å²) in [4.78, 5) is 144. The fourth-order valence-electron chi connectivity index (χ4n) is 11.1. The molecule has 3 fully saturated rings. The number of nitriles is 1. The molecule has 28 heteroatoms. The van der Waals surface area contributed by atoms with Crippen molar-refractivity contribution in [3.8, 4) is 11.8 Å². The van der Waals surface area contributed by atoms with Crippen LogP contribution in [0.15, 0.2) is 54.7 Å². The average molecular weight is 1270 g/mol. The van der Waals surface area contributed by atoms with Crippen molar-refractivity contribution in [1.82, 2.24) is 60.6 Å². The number of carbonyl (C=O) groups excluding carboxylic acids is 9. The van der Waals surface area contributed by atoms with Gasteiger partial charge in [-0.05, 0) is 88.7 Å². The number of pyridine rings is 1. The van der Waals surface area contributed by atoms with E-state index in [2.05, 4.69) is 43.3 Å². The largest absolute Gasteiger partial charge is 0.494 e. The first kappa shape index (κ1) is 71.8. The standard InChI is InChI=1S/C63H88FN13O14/c1-47-12-14-48(15-13-47)9-8-11-55(80)67-19-5-3-4-10-54(69-57(82)40-72-22-23-73(41-60(85)86)25-27-75(44-90-46-79)29-28-74(26-24-72)43-89-45-78)62(88)70-56(81)36-58(83)76-32-30-71(31-33-76)21-6-7-34-91-50-16-17-53-52(35-50)51(18-20-66-53)61(87)68-39-59(84)77-42-63(2,64)37-49(77)38-65/h12-18,20,35,45-46,49,54H,3-11,19,21-34,36-37,39-44H2,1-2H3,(H,67,80)(H,68,87)(H,69,82)(H,85,86)(H,70,81,88)/t49-,54+,63?/m1/s1. The van der Waals surface area contributed by atoms with Crippen molar-refractivity contribution in [3.63, 3.8) is 0 Å². The van der Waals surface area contributed by atoms with Crippen LogP contribution < -0.4 is 26.0 Å². The molecule has 27 nitrogen and oxygen atoms in total. The van der Waals surface area contributed by atoms with Crippen molar-refractivity contribution in [2.75, 3.05) is 138 Å². The normalized spacial score (nSPS) is 18.5. The molecule has 3 atom stereocenters. The van der Waals surface area contributed by atoms with Crippen molar-refractivity contribution >= 4 is 71.2 Å². The summed E-state index contributed by atoms with van der Waals surface area (Å²) in [6.07, 6.45) is 5.84. The minimum absolute atomic E-state index is 0.0292. The second-order valence-electron chi connectivity index (χ2n) is 23.5. The number of aliphatic carboxylic acids is 1. The SMILES string of the molecule is Cc1ccc(CCCC(=O)NCCCCC[C@H](NC(=O)CN2CCN(COC=O)CCN(COC=O)CCN(CC(=O)O)CC2)C(=O)NC(=O)CC(=O)N2CCN(CCCCOc3ccc4nccc(C(=O)NCC(=O)N5CC(C)(F)C[C@@H]5C#N)c4c3)CC2)cc1. The molecule has 3 saturated heterocycles. The number of imide groups is 1. The molecule has 3 aromatic rings. The number of rotatable bonds is 33. The molecule has 1 aromatic heterocycles. The van der Waals surface area contributed by atoms with Crippen molar-refractivity contribution in [2.45, 2.75) is 102 Å². The number of carboxylic acids is 1. The van der Waals surface area contributed by atoms with Crippen molar-refractivity contribution in [2.24, 2.45) is 0 Å². The molecule has 0 aliphatic carbocycles. The maximum Gasteiger partial charge on any atom is 0.317 e. The minimum atomic E-state index is -1.69. The van der Waals surface area contributed by atoms with E-state index >= 15 is 0 Å². The lowest BCUT2D eigenvalue weighted by Crippen LogP contribution is -2.53. The van der Waals surface area contributed by atoms with Crippen LogP contribution >= 0.6 is 0 Å². The van der Waals surface area contributed by atoms with Gasteiger partial charge in [0.2, 0.25) is 35.4 Å². The monoisotopic (exact) mass is 1270 g/mol. The Morgan fingerprint density at radius 2 is 1.40 bits per heavy atom. The molecule has 2 aromatic carbocycles. The second kappa shape index (κ2) is 37.8. The summed E-state index contributed by atoms with van der Waals surface area (Å²) in [5.41, 5.74) is 1.44. The molecule has 0 saturated carbocycles. The molecule has 1 unspecified atom stereocenters. The first-order valence-corrected chi connectivity index (χ1v) is 31.2. The number of hydrogen-bond donors (Lipinski definition) is 5. The van der Waals surface area contributed by atoms with Crippen LogP contribution in [0.5, 0.6) is 5.75 Å². The smallest absolute Gasteiger partial charge is 0.317 e. The Balaban J connectivity index is 0.963. The van der Waals surface area contributed by atoms with Gasteiger partial charge in [-0.2, -0.15) is 5.26 Å². The van der Waals surface area contributed by atoms with E-state index in [1.807, 2.05) is 34.9 Å². The number of alkyl halides is 1. The first-order chi connectivity index (χ1) is 43.8. The van der Waals surface area contributed by atoms with Crippen LogP contribution in [-0.4, -0.2) is 260 Å². The highest BCUT2D eigenvalue weighted by Gasteiger charge is 2.43. The van der Waals surface area contributed by atoms with Gasteiger partial charge in [0.05, 0.1) is 49.9 Å². The third-order valence-electron chi connectivity index (χ3n) is 16.2. The minimum Gasteiger partial charge on any atom is -0.494 e. The molecule has 496 valence electrons. The van der Waals surface area contributed by atoms with Crippen LogP contribution in [0.25, 0.3) is 10.9 Å². The van der Waals surface area contributed by atoms with E-state index in [4.69, 9.17) is 14.2 Å². The zero-order valence-corrected chi connectivity index (χ0v) is 52.3. The highest BCUT2D eigenvalue weighted by Crippen LogP contribution is 2.30. The summed E-state index contributed by atoms with van der Waals surface area (Å²) in [5, 5.41) is 30.3. The molecule has 91 heavy (non-hydrogen) atoms. The van der Waals surface area contributed by atoms with Crippen LogP contribution in [0, 0.1) is 18.3 Å². The number of halogens is 1. The number of likely N-dealkylation sites (tertiary alicyclic amines) is 1. The fraction of sp³-hybridized carbons (Fsp3) is 0.587. The van der Waals surface area contributed by atoms with Crippen LogP contribution in [0.2, 0.25) is 0 Å². The van der Waals surface area contributed by atoms with Crippen molar-refractivity contribution in [1.29, 1.82) is 5.26 Å². The van der Waals surface area contributed by atoms with Gasteiger partial charge in [0.15, 0.2) is 0 Å². The Hall–Kier alpha value is -8.23. The van der Waals surface area contributed by atoms with Crippen LogP contribution in [0.3, 0.4) is 0 Å². The third-order valence-corrected chi connectivity index (χ3v) is 16.2. The van der Waals surface area contributed by atoms with E-state index < -0.39 is 72.1 Å². The predicted octanol–water partition coefficient (Wildman–Crippen LogP) is 1.21. The van der Waals surface area contributed by atoms with E-state index in [1.54, 1.807) is 32.9 Å². The number of hydrogen-bond acceptors (Lipinski definition) is 20. The number of nitrogens with zero attached hydrogens (tertiary/aromatic N) is 9. The molecule has 0 spiro atoms. The van der Waals surface area contributed by atoms with E-state index in [0.29, 0.717) is 147 Å². The fourth-order valence-corrected chi connectivity index (χ4v) is 11.1. The Bertz CT molecular complexity index is 2960. The molecule has 3 aliphatic heterocycles. The van der Waals surface area contributed by atoms with Gasteiger partial charge in [-0.3, -0.25) is 82.7 Å². The number of piperazine rings is 1. The van der Waals surface area contributed by atoms with E-state index in [1.165, 1.54) is 24.8 Å². The van der Waals surface area contributed by atoms with E-state index in [9.17, 15) is 62.7 Å². The lowest BCUT2D eigenvalue weighted by Gasteiger charge is -2.34. The topological polar surface area (TPSA) is 326 Å². The van der Waals surface area contributed by atoms with Crippen molar-refractivity contribution < 1.29 is 71.7 Å². The number of carbonyl (C=O) groups is 10. The van der Waals surface area contributed by atoms with Gasteiger partial charge in [0, 0.05) is 110 Å². The molecule has 4 heterocycles. The number of amides is 7. The molecular formula is C63H88FN13O14. The highest BCUT2D eigenvalue weighted by atomic mass is 19.1. The number of aromatic nitrogens is 1. The van der Waals surface area contributed by atoms with Gasteiger partial charge in [0.1, 0.15) is 43.4 Å². The number of nitrogens with one attached hydrogen (secondary N) is 4. The number of benzene rings is 2. The molecule has 0 bridgehead atoms. The molecule has 7 amide bonds. The van der Waals surface area contributed by atoms with E-state index in [-0.39, 0.29) is 77.0 Å². The molecule has 6 rings (SSSR count). The lowest BCUT2D eigenvalue weighted by molar-refractivity contribution is -0.140. The van der Waals surface area contributed by atoms with Gasteiger partial charge in [-0.15, -0.1) is 0 Å². The van der Waals surface area contributed by atoms with Crippen LogP contribution in [0.4, 0.5) is 4.39 Å². The molecule has 5 N–H and O–H groups in total. The molecular weight excluding hydrogens is 1180 g/mol. The maximum atomic E-state index is 14.6. The lowest BCUT2D eigenvalue weighted by atomic mass is 10.1. The zero-order valence-electron chi connectivity index (χ0n) is 52.3. The van der Waals surface area contributed by atoms with Crippen LogP contribution in [0.1, 0.15) is 92.6 Å². The second-order valence-corrected chi connectivity index (χ2v) is 23.5. The summed E-state index contributed by atoms with van der Waals surface area (Å²) in [6, 6.07) is 14.8. The van der Waals surface area contributed by atoms with Crippen LogP contribution in [-0.2, 0) is 59.0 Å². The summed E-state index contributed by atoms with van der Waals surface area (Å²) in [7, 11) is 0. The summed E-state index contributed by atoms with van der Waals surface area (Å²) in [5.74, 6) is -4.33. The summed E-state index contributed by atoms with van der Waals surface area (Å²) in [6.45, 7) is 8.52. The summed E-state index contributed by atoms with van der Waals surface area (Å²) < 4.78 is 30.7. The number of carboxylic acid groups (broad SMARTS) is 1. The first-order valence-electron chi connectivity index (χ1n) is 31.2. The number of unbranched alkanes of at least 4 members (excludes halogenated alkanes) is 3. The Morgan fingerprint density at radius 3 is 2.04 bits per heavy atom. The zero-order chi connectivity index (χ0) is 65.5. The Morgan fingerprint density at radius 1 is 0.747 bits per heavy atom. The highest BCUT2D eigenvalue weighted by molar-refractivity contribution is 6.07. The number of fused-ring (bicyclic) bond motifs is 1. The third kappa shape index (κ3) is 25.5. The summed E-state index contributed by atoms with van der Waals surface area (Å²) >= 11 is 0. The maximum absolute atomic E-state index is 14.6. The average Bonchev–Trinajstić information content (AvgIpc) is 2.08. The van der Waals surface area contributed by atoms with Crippen molar-refractivity contribution in [3.05, 3.63) is 71.4 Å². The number of aryl methyl sites for hydroxylation is 2. The van der Waals surface area contributed by atoms with Gasteiger partial charge in [-0.25, -0.2) is 4.39 Å². The quantitative estimate of drug-likeness (QED) is 0.0325.